The summed E-state index contributed by atoms with van der Waals surface area (Å²) in [7, 11) is 1.63. The number of ether oxygens (including phenoxy) is 1. The Morgan fingerprint density at radius 1 is 1.15 bits per heavy atom. The molecule has 0 radical (unpaired) electrons. The SMILES string of the molecule is COc1cc(NC(=O)C2CCC(n3c(=O)[nH]c4c(N5CCC(N)C5)cccc43)CC2)ccc1C. The quantitative estimate of drug-likeness (QED) is 0.537. The molecule has 1 saturated heterocycles. The average Bonchev–Trinajstić information content (AvgIpc) is 3.42. The Morgan fingerprint density at radius 3 is 2.65 bits per heavy atom. The molecule has 8 nitrogen and oxygen atoms in total. The van der Waals surface area contributed by atoms with Crippen molar-refractivity contribution in [3.63, 3.8) is 0 Å². The second kappa shape index (κ2) is 9.18. The van der Waals surface area contributed by atoms with Crippen LogP contribution in [0.25, 0.3) is 11.0 Å². The van der Waals surface area contributed by atoms with Crippen LogP contribution in [0.1, 0.15) is 43.7 Å². The molecule has 1 unspecified atom stereocenters. The molecule has 1 amide bonds. The predicted octanol–water partition coefficient (Wildman–Crippen LogP) is 3.55. The van der Waals surface area contributed by atoms with Crippen LogP contribution in [0.2, 0.25) is 0 Å². The Balaban J connectivity index is 1.29. The lowest BCUT2D eigenvalue weighted by Crippen LogP contribution is -2.31. The molecule has 180 valence electrons. The van der Waals surface area contributed by atoms with E-state index in [0.717, 1.165) is 78.9 Å². The van der Waals surface area contributed by atoms with Crippen molar-refractivity contribution in [1.82, 2.24) is 9.55 Å². The van der Waals surface area contributed by atoms with Gasteiger partial charge in [0.15, 0.2) is 0 Å². The van der Waals surface area contributed by atoms with Gasteiger partial charge in [-0.3, -0.25) is 9.36 Å². The van der Waals surface area contributed by atoms with Crippen molar-refractivity contribution in [3.05, 3.63) is 52.4 Å². The number of carbonyl (C=O) groups is 1. The molecular weight excluding hydrogens is 430 g/mol. The van der Waals surface area contributed by atoms with Crippen molar-refractivity contribution in [2.45, 2.75) is 51.1 Å². The van der Waals surface area contributed by atoms with Crippen LogP contribution >= 0.6 is 0 Å². The summed E-state index contributed by atoms with van der Waals surface area (Å²) in [6, 6.07) is 12.0. The summed E-state index contributed by atoms with van der Waals surface area (Å²) in [5.74, 6) is 0.727. The minimum absolute atomic E-state index is 0.0308. The average molecular weight is 464 g/mol. The van der Waals surface area contributed by atoms with Crippen molar-refractivity contribution >= 4 is 28.3 Å². The maximum Gasteiger partial charge on any atom is 0.326 e. The van der Waals surface area contributed by atoms with Gasteiger partial charge in [0.05, 0.1) is 23.8 Å². The number of rotatable bonds is 5. The number of methoxy groups -OCH3 is 1. The maximum absolute atomic E-state index is 13.0. The second-order valence-electron chi connectivity index (χ2n) is 9.65. The molecule has 3 aromatic rings. The molecule has 8 heteroatoms. The summed E-state index contributed by atoms with van der Waals surface area (Å²) in [4.78, 5) is 31.2. The first kappa shape index (κ1) is 22.5. The van der Waals surface area contributed by atoms with Gasteiger partial charge in [0, 0.05) is 42.8 Å². The van der Waals surface area contributed by atoms with E-state index >= 15 is 0 Å². The van der Waals surface area contributed by atoms with Gasteiger partial charge in [0.25, 0.3) is 0 Å². The van der Waals surface area contributed by atoms with Gasteiger partial charge in [-0.2, -0.15) is 0 Å². The molecule has 1 aliphatic heterocycles. The van der Waals surface area contributed by atoms with Crippen LogP contribution in [0.4, 0.5) is 11.4 Å². The Hall–Kier alpha value is -3.26. The van der Waals surface area contributed by atoms with Gasteiger partial charge >= 0.3 is 5.69 Å². The van der Waals surface area contributed by atoms with E-state index < -0.39 is 0 Å². The van der Waals surface area contributed by atoms with E-state index in [1.165, 1.54) is 0 Å². The number of hydrogen-bond acceptors (Lipinski definition) is 5. The highest BCUT2D eigenvalue weighted by Gasteiger charge is 2.30. The third-order valence-electron chi connectivity index (χ3n) is 7.40. The largest absolute Gasteiger partial charge is 0.496 e. The minimum atomic E-state index is -0.0782. The number of carbonyl (C=O) groups excluding carboxylic acids is 1. The first-order valence-corrected chi connectivity index (χ1v) is 12.1. The molecule has 2 heterocycles. The number of fused-ring (bicyclic) bond motifs is 1. The molecule has 4 N–H and O–H groups in total. The van der Waals surface area contributed by atoms with Gasteiger partial charge in [-0.1, -0.05) is 12.1 Å². The topological polar surface area (TPSA) is 105 Å². The van der Waals surface area contributed by atoms with Crippen LogP contribution in [0.5, 0.6) is 5.75 Å². The van der Waals surface area contributed by atoms with Gasteiger partial charge in [0.1, 0.15) is 5.75 Å². The fourth-order valence-electron chi connectivity index (χ4n) is 5.50. The van der Waals surface area contributed by atoms with Crippen molar-refractivity contribution in [2.24, 2.45) is 11.7 Å². The van der Waals surface area contributed by atoms with Gasteiger partial charge < -0.3 is 25.7 Å². The lowest BCUT2D eigenvalue weighted by molar-refractivity contribution is -0.121. The number of amides is 1. The first-order valence-electron chi connectivity index (χ1n) is 12.1. The third kappa shape index (κ3) is 4.18. The van der Waals surface area contributed by atoms with Crippen LogP contribution in [0.15, 0.2) is 41.2 Å². The summed E-state index contributed by atoms with van der Waals surface area (Å²) in [6.45, 7) is 3.68. The van der Waals surface area contributed by atoms with Crippen molar-refractivity contribution in [3.8, 4) is 5.75 Å². The third-order valence-corrected chi connectivity index (χ3v) is 7.40. The van der Waals surface area contributed by atoms with Crippen molar-refractivity contribution < 1.29 is 9.53 Å². The number of aromatic nitrogens is 2. The number of anilines is 2. The van der Waals surface area contributed by atoms with Gasteiger partial charge in [0.2, 0.25) is 5.91 Å². The summed E-state index contributed by atoms with van der Waals surface area (Å²) in [5, 5.41) is 3.04. The highest BCUT2D eigenvalue weighted by molar-refractivity contribution is 5.93. The Bertz CT molecular complexity index is 1260. The molecule has 34 heavy (non-hydrogen) atoms. The normalized spacial score (nSPS) is 22.8. The number of aryl methyl sites for hydroxylation is 1. The van der Waals surface area contributed by atoms with Gasteiger partial charge in [-0.05, 0) is 62.8 Å². The van der Waals surface area contributed by atoms with E-state index in [9.17, 15) is 9.59 Å². The zero-order valence-electron chi connectivity index (χ0n) is 19.8. The smallest absolute Gasteiger partial charge is 0.326 e. The molecule has 0 bridgehead atoms. The van der Waals surface area contributed by atoms with E-state index in [1.807, 2.05) is 41.8 Å². The van der Waals surface area contributed by atoms with Gasteiger partial charge in [-0.15, -0.1) is 0 Å². The molecule has 2 fully saturated rings. The van der Waals surface area contributed by atoms with E-state index in [2.05, 4.69) is 21.3 Å². The number of hydrogen-bond donors (Lipinski definition) is 3. The highest BCUT2D eigenvalue weighted by Crippen LogP contribution is 2.36. The minimum Gasteiger partial charge on any atom is -0.496 e. The molecular formula is C26H33N5O3. The molecule has 2 aliphatic rings. The van der Waals surface area contributed by atoms with Crippen molar-refractivity contribution in [2.75, 3.05) is 30.4 Å². The molecule has 5 rings (SSSR count). The molecule has 2 aromatic carbocycles. The zero-order chi connectivity index (χ0) is 23.8. The Morgan fingerprint density at radius 2 is 1.94 bits per heavy atom. The van der Waals surface area contributed by atoms with E-state index in [4.69, 9.17) is 10.5 Å². The van der Waals surface area contributed by atoms with E-state index in [0.29, 0.717) is 0 Å². The summed E-state index contributed by atoms with van der Waals surface area (Å²) in [5.41, 5.74) is 10.7. The second-order valence-corrected chi connectivity index (χ2v) is 9.65. The number of imidazole rings is 1. The monoisotopic (exact) mass is 463 g/mol. The number of nitrogens with one attached hydrogen (secondary N) is 2. The number of H-pyrrole nitrogens is 1. The first-order chi connectivity index (χ1) is 16.4. The number of aromatic amines is 1. The van der Waals surface area contributed by atoms with E-state index in [-0.39, 0.29) is 29.6 Å². The Kier molecular flexibility index (Phi) is 6.08. The summed E-state index contributed by atoms with van der Waals surface area (Å²) >= 11 is 0. The predicted molar refractivity (Wildman–Crippen MR) is 135 cm³/mol. The number of benzene rings is 2. The summed E-state index contributed by atoms with van der Waals surface area (Å²) in [6.07, 6.45) is 4.04. The van der Waals surface area contributed by atoms with E-state index in [1.54, 1.807) is 7.11 Å². The van der Waals surface area contributed by atoms with Gasteiger partial charge in [-0.25, -0.2) is 4.79 Å². The fourth-order valence-corrected chi connectivity index (χ4v) is 5.50. The molecule has 1 aromatic heterocycles. The highest BCUT2D eigenvalue weighted by atomic mass is 16.5. The number of nitrogens with two attached hydrogens (primary N) is 1. The van der Waals surface area contributed by atoms with Crippen LogP contribution < -0.4 is 26.4 Å². The van der Waals surface area contributed by atoms with Crippen LogP contribution in [-0.2, 0) is 4.79 Å². The lowest BCUT2D eigenvalue weighted by atomic mass is 9.85. The number of nitrogens with zero attached hydrogens (tertiary/aromatic N) is 2. The standard InChI is InChI=1S/C26H33N5O3/c1-16-6-9-19(14-23(16)34-2)28-25(32)17-7-10-20(11-8-17)31-22-5-3-4-21(24(22)29-26(31)33)30-13-12-18(27)15-30/h3-6,9,14,17-18,20H,7-8,10-13,15,27H2,1-2H3,(H,28,32)(H,29,33). The number of para-hydroxylation sites is 1. The fraction of sp³-hybridized carbons (Fsp3) is 0.462. The molecule has 0 spiro atoms. The maximum atomic E-state index is 13.0. The zero-order valence-corrected chi connectivity index (χ0v) is 19.8. The molecule has 1 saturated carbocycles. The Labute approximate surface area is 199 Å². The molecule has 1 aliphatic carbocycles. The summed E-state index contributed by atoms with van der Waals surface area (Å²) < 4.78 is 7.26. The van der Waals surface area contributed by atoms with Crippen LogP contribution in [0, 0.1) is 12.8 Å². The van der Waals surface area contributed by atoms with Crippen molar-refractivity contribution in [1.29, 1.82) is 0 Å². The molecule has 1 atom stereocenters. The van der Waals surface area contributed by atoms with Crippen LogP contribution in [-0.4, -0.2) is 41.7 Å². The van der Waals surface area contributed by atoms with Crippen LogP contribution in [0.3, 0.4) is 0 Å². The lowest BCUT2D eigenvalue weighted by Gasteiger charge is -2.28.